The third-order valence-electron chi connectivity index (χ3n) is 4.61. The molecule has 0 spiro atoms. The number of carbonyl (C=O) groups excluding carboxylic acids is 2. The zero-order chi connectivity index (χ0) is 17.3. The topological polar surface area (TPSA) is 52.7 Å². The van der Waals surface area contributed by atoms with Gasteiger partial charge in [-0.1, -0.05) is 18.2 Å². The molecule has 1 N–H and O–H groups in total. The fraction of sp³-hybridized carbons (Fsp3) is 0.444. The maximum Gasteiger partial charge on any atom is 0.261 e. The second kappa shape index (κ2) is 6.91. The van der Waals surface area contributed by atoms with Crippen LogP contribution in [-0.2, 0) is 4.79 Å². The summed E-state index contributed by atoms with van der Waals surface area (Å²) in [5, 5.41) is 3.93. The number of fused-ring (bicyclic) bond motifs is 1. The van der Waals surface area contributed by atoms with E-state index >= 15 is 0 Å². The molecule has 1 aromatic carbocycles. The summed E-state index contributed by atoms with van der Waals surface area (Å²) in [4.78, 5) is 28.9. The van der Waals surface area contributed by atoms with Gasteiger partial charge in [-0.15, -0.1) is 11.3 Å². The summed E-state index contributed by atoms with van der Waals surface area (Å²) in [6.07, 6.45) is 0.978. The lowest BCUT2D eigenvalue weighted by Crippen LogP contribution is -2.35. The number of benzene rings is 1. The number of rotatable bonds is 4. The van der Waals surface area contributed by atoms with Crippen molar-refractivity contribution in [2.45, 2.75) is 12.3 Å². The van der Waals surface area contributed by atoms with Gasteiger partial charge >= 0.3 is 0 Å². The highest BCUT2D eigenvalue weighted by Crippen LogP contribution is 2.40. The highest BCUT2D eigenvalue weighted by molar-refractivity contribution is 7.21. The van der Waals surface area contributed by atoms with Crippen molar-refractivity contribution >= 4 is 33.2 Å². The monoisotopic (exact) mass is 345 g/mol. The van der Waals surface area contributed by atoms with E-state index < -0.39 is 0 Å². The number of nitrogens with one attached hydrogen (secondary N) is 1. The number of likely N-dealkylation sites (tertiary alicyclic amines) is 1. The normalized spacial score (nSPS) is 18.0. The van der Waals surface area contributed by atoms with Crippen molar-refractivity contribution in [3.05, 3.63) is 34.7 Å². The van der Waals surface area contributed by atoms with Gasteiger partial charge in [0.25, 0.3) is 5.91 Å². The van der Waals surface area contributed by atoms with Gasteiger partial charge in [0.1, 0.15) is 0 Å². The maximum absolute atomic E-state index is 12.3. The van der Waals surface area contributed by atoms with Gasteiger partial charge in [-0.2, -0.15) is 0 Å². The summed E-state index contributed by atoms with van der Waals surface area (Å²) >= 11 is 1.56. The van der Waals surface area contributed by atoms with Gasteiger partial charge < -0.3 is 10.2 Å². The Morgan fingerprint density at radius 3 is 2.79 bits per heavy atom. The Morgan fingerprint density at radius 2 is 2.08 bits per heavy atom. The molecule has 0 bridgehead atoms. The summed E-state index contributed by atoms with van der Waals surface area (Å²) in [5.74, 6) is 0.398. The van der Waals surface area contributed by atoms with Crippen LogP contribution in [0, 0.1) is 0 Å². The van der Waals surface area contributed by atoms with E-state index in [4.69, 9.17) is 0 Å². The Labute approximate surface area is 146 Å². The number of hydrogen-bond acceptors (Lipinski definition) is 4. The van der Waals surface area contributed by atoms with Crippen LogP contribution in [0.1, 0.15) is 27.6 Å². The van der Waals surface area contributed by atoms with E-state index in [0.717, 1.165) is 34.7 Å². The quantitative estimate of drug-likeness (QED) is 0.924. The predicted octanol–water partition coefficient (Wildman–Crippen LogP) is 2.14. The highest BCUT2D eigenvalue weighted by atomic mass is 32.1. The Hall–Kier alpha value is -1.92. The molecule has 2 amide bonds. The zero-order valence-corrected chi connectivity index (χ0v) is 15.2. The molecule has 1 aliphatic rings. The molecule has 128 valence electrons. The Balaban J connectivity index is 1.89. The number of thiophene rings is 1. The van der Waals surface area contributed by atoms with Crippen LogP contribution in [-0.4, -0.2) is 62.4 Å². The SMILES string of the molecule is CNC(=O)c1sc2ccccc2c1[C@H]1CCN(CC(=O)N(C)C)C1. The molecule has 0 saturated carbocycles. The van der Waals surface area contributed by atoms with Crippen molar-refractivity contribution in [3.63, 3.8) is 0 Å². The number of likely N-dealkylation sites (N-methyl/N-ethyl adjacent to an activating group) is 1. The molecule has 0 aliphatic carbocycles. The lowest BCUT2D eigenvalue weighted by molar-refractivity contribution is -0.129. The molecule has 2 aromatic rings. The van der Waals surface area contributed by atoms with Crippen molar-refractivity contribution in [2.24, 2.45) is 0 Å². The molecule has 1 saturated heterocycles. The van der Waals surface area contributed by atoms with Crippen LogP contribution in [0.3, 0.4) is 0 Å². The summed E-state index contributed by atoms with van der Waals surface area (Å²) in [6.45, 7) is 2.16. The second-order valence-corrected chi connectivity index (χ2v) is 7.48. The number of hydrogen-bond donors (Lipinski definition) is 1. The molecule has 1 aromatic heterocycles. The number of nitrogens with zero attached hydrogens (tertiary/aromatic N) is 2. The molecule has 0 unspecified atom stereocenters. The third-order valence-corrected chi connectivity index (χ3v) is 5.79. The molecule has 3 rings (SSSR count). The average molecular weight is 345 g/mol. The van der Waals surface area contributed by atoms with Gasteiger partial charge in [-0.25, -0.2) is 0 Å². The molecule has 1 fully saturated rings. The zero-order valence-electron chi connectivity index (χ0n) is 14.3. The lowest BCUT2D eigenvalue weighted by atomic mass is 9.95. The smallest absolute Gasteiger partial charge is 0.261 e. The highest BCUT2D eigenvalue weighted by Gasteiger charge is 2.31. The van der Waals surface area contributed by atoms with Crippen LogP contribution in [0.25, 0.3) is 10.1 Å². The average Bonchev–Trinajstić information content (AvgIpc) is 3.17. The van der Waals surface area contributed by atoms with E-state index in [2.05, 4.69) is 22.3 Å². The van der Waals surface area contributed by atoms with Gasteiger partial charge in [0.2, 0.25) is 5.91 Å². The van der Waals surface area contributed by atoms with Gasteiger partial charge in [0.05, 0.1) is 11.4 Å². The maximum atomic E-state index is 12.3. The molecular formula is C18H23N3O2S. The van der Waals surface area contributed by atoms with E-state index in [1.54, 1.807) is 37.4 Å². The van der Waals surface area contributed by atoms with E-state index in [0.29, 0.717) is 12.5 Å². The van der Waals surface area contributed by atoms with Gasteiger partial charge in [-0.05, 0) is 30.0 Å². The first-order valence-corrected chi connectivity index (χ1v) is 8.99. The molecule has 24 heavy (non-hydrogen) atoms. The molecular weight excluding hydrogens is 322 g/mol. The summed E-state index contributed by atoms with van der Waals surface area (Å²) in [7, 11) is 5.24. The minimum Gasteiger partial charge on any atom is -0.354 e. The summed E-state index contributed by atoms with van der Waals surface area (Å²) < 4.78 is 1.15. The fourth-order valence-corrected chi connectivity index (χ4v) is 4.53. The first-order valence-electron chi connectivity index (χ1n) is 8.17. The predicted molar refractivity (Wildman–Crippen MR) is 97.7 cm³/mol. The minimum atomic E-state index is -0.0194. The number of amides is 2. The van der Waals surface area contributed by atoms with E-state index in [9.17, 15) is 9.59 Å². The Kier molecular flexibility index (Phi) is 4.87. The molecule has 0 radical (unpaired) electrons. The standard InChI is InChI=1S/C18H23N3O2S/c1-19-18(23)17-16(13-6-4-5-7-14(13)24-17)12-8-9-21(10-12)11-15(22)20(2)3/h4-7,12H,8-11H2,1-3H3,(H,19,23)/t12-/m0/s1. The van der Waals surface area contributed by atoms with Crippen molar-refractivity contribution < 1.29 is 9.59 Å². The minimum absolute atomic E-state index is 0.0194. The largest absolute Gasteiger partial charge is 0.354 e. The van der Waals surface area contributed by atoms with Crippen LogP contribution in [0.15, 0.2) is 24.3 Å². The van der Waals surface area contributed by atoms with Gasteiger partial charge in [-0.3, -0.25) is 14.5 Å². The first-order chi connectivity index (χ1) is 11.5. The van der Waals surface area contributed by atoms with E-state index in [1.807, 2.05) is 12.1 Å². The third kappa shape index (κ3) is 3.16. The second-order valence-electron chi connectivity index (χ2n) is 6.43. The van der Waals surface area contributed by atoms with Crippen LogP contribution in [0.4, 0.5) is 0 Å². The molecule has 1 atom stereocenters. The molecule has 1 aliphatic heterocycles. The molecule has 2 heterocycles. The van der Waals surface area contributed by atoms with Gasteiger partial charge in [0.15, 0.2) is 0 Å². The lowest BCUT2D eigenvalue weighted by Gasteiger charge is -2.18. The van der Waals surface area contributed by atoms with Crippen molar-refractivity contribution in [3.8, 4) is 0 Å². The fourth-order valence-electron chi connectivity index (χ4n) is 3.30. The van der Waals surface area contributed by atoms with E-state index in [1.165, 1.54) is 5.39 Å². The first kappa shape index (κ1) is 16.9. The van der Waals surface area contributed by atoms with Crippen molar-refractivity contribution in [2.75, 3.05) is 40.8 Å². The van der Waals surface area contributed by atoms with Crippen LogP contribution >= 0.6 is 11.3 Å². The molecule has 5 nitrogen and oxygen atoms in total. The van der Waals surface area contributed by atoms with Crippen molar-refractivity contribution in [1.29, 1.82) is 0 Å². The Morgan fingerprint density at radius 1 is 1.33 bits per heavy atom. The summed E-state index contributed by atoms with van der Waals surface area (Å²) in [6, 6.07) is 8.20. The number of carbonyl (C=O) groups is 2. The van der Waals surface area contributed by atoms with Crippen molar-refractivity contribution in [1.82, 2.24) is 15.1 Å². The van der Waals surface area contributed by atoms with Crippen LogP contribution in [0.2, 0.25) is 0 Å². The Bertz CT molecular complexity index is 769. The van der Waals surface area contributed by atoms with E-state index in [-0.39, 0.29) is 11.8 Å². The van der Waals surface area contributed by atoms with Crippen LogP contribution < -0.4 is 5.32 Å². The molecule has 6 heteroatoms. The summed E-state index contributed by atoms with van der Waals surface area (Å²) in [5.41, 5.74) is 1.15. The van der Waals surface area contributed by atoms with Gasteiger partial charge in [0, 0.05) is 38.3 Å². The van der Waals surface area contributed by atoms with Crippen LogP contribution in [0.5, 0.6) is 0 Å².